The van der Waals surface area contributed by atoms with Crippen molar-refractivity contribution < 1.29 is 19.1 Å². The Kier molecular flexibility index (Phi) is 7.67. The van der Waals surface area contributed by atoms with E-state index in [1.165, 1.54) is 17.4 Å². The summed E-state index contributed by atoms with van der Waals surface area (Å²) in [7, 11) is 3.10. The summed E-state index contributed by atoms with van der Waals surface area (Å²) >= 11 is 0. The molecule has 2 rings (SSSR count). The standard InChI is InChI=1S/C21H26N2O4/c1-16(24)23(19-15-18(26-2)9-10-20(19)27-3)14-12-21(25)22-13-11-17-7-5-4-6-8-17/h4-10,15H,11-14H2,1-3H3,(H,22,25). The van der Waals surface area contributed by atoms with Gasteiger partial charge < -0.3 is 19.7 Å². The largest absolute Gasteiger partial charge is 0.497 e. The average Bonchev–Trinajstić information content (AvgIpc) is 2.68. The van der Waals surface area contributed by atoms with E-state index in [1.807, 2.05) is 30.3 Å². The van der Waals surface area contributed by atoms with E-state index >= 15 is 0 Å². The Balaban J connectivity index is 1.94. The lowest BCUT2D eigenvalue weighted by atomic mass is 10.1. The van der Waals surface area contributed by atoms with Crippen LogP contribution in [0.5, 0.6) is 11.5 Å². The minimum atomic E-state index is -0.168. The Hall–Kier alpha value is -3.02. The van der Waals surface area contributed by atoms with Crippen LogP contribution in [0.15, 0.2) is 48.5 Å². The van der Waals surface area contributed by atoms with E-state index in [-0.39, 0.29) is 24.8 Å². The van der Waals surface area contributed by atoms with Crippen molar-refractivity contribution in [3.63, 3.8) is 0 Å². The van der Waals surface area contributed by atoms with Gasteiger partial charge in [0.25, 0.3) is 0 Å². The summed E-state index contributed by atoms with van der Waals surface area (Å²) in [5, 5.41) is 2.90. The third-order valence-corrected chi connectivity index (χ3v) is 4.20. The molecule has 0 heterocycles. The molecule has 0 fully saturated rings. The quantitative estimate of drug-likeness (QED) is 0.737. The average molecular weight is 370 g/mol. The predicted octanol–water partition coefficient (Wildman–Crippen LogP) is 2.81. The molecule has 27 heavy (non-hydrogen) atoms. The number of anilines is 1. The van der Waals surface area contributed by atoms with E-state index in [4.69, 9.17) is 9.47 Å². The molecule has 2 amide bonds. The Morgan fingerprint density at radius 2 is 1.78 bits per heavy atom. The number of nitrogens with zero attached hydrogens (tertiary/aromatic N) is 1. The van der Waals surface area contributed by atoms with Gasteiger partial charge >= 0.3 is 0 Å². The van der Waals surface area contributed by atoms with Crippen LogP contribution in [0.2, 0.25) is 0 Å². The zero-order chi connectivity index (χ0) is 19.6. The molecule has 0 bridgehead atoms. The fourth-order valence-corrected chi connectivity index (χ4v) is 2.75. The maximum absolute atomic E-state index is 12.2. The zero-order valence-corrected chi connectivity index (χ0v) is 16.0. The summed E-state index contributed by atoms with van der Waals surface area (Å²) in [6, 6.07) is 15.2. The number of rotatable bonds is 9. The molecule has 0 aromatic heterocycles. The molecule has 1 N–H and O–H groups in total. The van der Waals surface area contributed by atoms with Crippen LogP contribution in [0.3, 0.4) is 0 Å². The van der Waals surface area contributed by atoms with Crippen LogP contribution in [-0.4, -0.2) is 39.1 Å². The molecule has 0 saturated carbocycles. The Morgan fingerprint density at radius 1 is 1.04 bits per heavy atom. The molecule has 0 atom stereocenters. The number of amides is 2. The normalized spacial score (nSPS) is 10.2. The second-order valence-corrected chi connectivity index (χ2v) is 6.04. The van der Waals surface area contributed by atoms with E-state index in [9.17, 15) is 9.59 Å². The first-order chi connectivity index (χ1) is 13.0. The first-order valence-corrected chi connectivity index (χ1v) is 8.86. The van der Waals surface area contributed by atoms with Crippen molar-refractivity contribution in [3.8, 4) is 11.5 Å². The lowest BCUT2D eigenvalue weighted by Gasteiger charge is -2.23. The minimum absolute atomic E-state index is 0.0981. The van der Waals surface area contributed by atoms with Gasteiger partial charge in [-0.2, -0.15) is 0 Å². The SMILES string of the molecule is COc1ccc(OC)c(N(CCC(=O)NCCc2ccccc2)C(C)=O)c1. The number of carbonyl (C=O) groups is 2. The van der Waals surface area contributed by atoms with Gasteiger partial charge in [-0.25, -0.2) is 0 Å². The van der Waals surface area contributed by atoms with Gasteiger partial charge in [0.2, 0.25) is 11.8 Å². The van der Waals surface area contributed by atoms with Crippen LogP contribution < -0.4 is 19.7 Å². The van der Waals surface area contributed by atoms with E-state index in [1.54, 1.807) is 32.4 Å². The van der Waals surface area contributed by atoms with Gasteiger partial charge in [-0.1, -0.05) is 30.3 Å². The van der Waals surface area contributed by atoms with Crippen molar-refractivity contribution in [2.75, 3.05) is 32.2 Å². The van der Waals surface area contributed by atoms with Crippen LogP contribution in [0.1, 0.15) is 18.9 Å². The molecule has 144 valence electrons. The maximum atomic E-state index is 12.2. The van der Waals surface area contributed by atoms with Crippen molar-refractivity contribution in [1.29, 1.82) is 0 Å². The fourth-order valence-electron chi connectivity index (χ4n) is 2.75. The Labute approximate surface area is 160 Å². The number of nitrogens with one attached hydrogen (secondary N) is 1. The molecule has 0 aliphatic rings. The van der Waals surface area contributed by atoms with E-state index in [2.05, 4.69) is 5.32 Å². The van der Waals surface area contributed by atoms with Gasteiger partial charge in [-0.05, 0) is 24.1 Å². The molecule has 0 unspecified atom stereocenters. The van der Waals surface area contributed by atoms with Crippen molar-refractivity contribution in [1.82, 2.24) is 5.32 Å². The van der Waals surface area contributed by atoms with Crippen molar-refractivity contribution in [2.45, 2.75) is 19.8 Å². The second kappa shape index (κ2) is 10.2. The zero-order valence-electron chi connectivity index (χ0n) is 16.0. The summed E-state index contributed by atoms with van der Waals surface area (Å²) in [6.07, 6.45) is 0.974. The molecule has 2 aromatic carbocycles. The van der Waals surface area contributed by atoms with Crippen LogP contribution >= 0.6 is 0 Å². The molecular weight excluding hydrogens is 344 g/mol. The lowest BCUT2D eigenvalue weighted by Crippen LogP contribution is -2.34. The van der Waals surface area contributed by atoms with Crippen molar-refractivity contribution in [2.24, 2.45) is 0 Å². The fraction of sp³-hybridized carbons (Fsp3) is 0.333. The van der Waals surface area contributed by atoms with Gasteiger partial charge in [-0.15, -0.1) is 0 Å². The van der Waals surface area contributed by atoms with Crippen LogP contribution in [0, 0.1) is 0 Å². The highest BCUT2D eigenvalue weighted by atomic mass is 16.5. The maximum Gasteiger partial charge on any atom is 0.223 e. The van der Waals surface area contributed by atoms with Crippen molar-refractivity contribution in [3.05, 3.63) is 54.1 Å². The molecule has 0 aliphatic carbocycles. The minimum Gasteiger partial charge on any atom is -0.497 e. The summed E-state index contributed by atoms with van der Waals surface area (Å²) in [4.78, 5) is 25.8. The predicted molar refractivity (Wildman–Crippen MR) is 105 cm³/mol. The molecule has 2 aromatic rings. The highest BCUT2D eigenvalue weighted by Crippen LogP contribution is 2.32. The van der Waals surface area contributed by atoms with Gasteiger partial charge in [0.15, 0.2) is 0 Å². The summed E-state index contributed by atoms with van der Waals surface area (Å²) < 4.78 is 10.6. The monoisotopic (exact) mass is 370 g/mol. The number of ether oxygens (including phenoxy) is 2. The number of carbonyl (C=O) groups excluding carboxylic acids is 2. The van der Waals surface area contributed by atoms with E-state index in [0.717, 1.165) is 6.42 Å². The molecule has 6 heteroatoms. The second-order valence-electron chi connectivity index (χ2n) is 6.04. The molecule has 0 aliphatic heterocycles. The van der Waals surface area contributed by atoms with Gasteiger partial charge in [0.1, 0.15) is 11.5 Å². The lowest BCUT2D eigenvalue weighted by molar-refractivity contribution is -0.121. The molecule has 6 nitrogen and oxygen atoms in total. The molecule has 0 radical (unpaired) electrons. The van der Waals surface area contributed by atoms with E-state index < -0.39 is 0 Å². The summed E-state index contributed by atoms with van der Waals surface area (Å²) in [6.45, 7) is 2.29. The number of hydrogen-bond donors (Lipinski definition) is 1. The smallest absolute Gasteiger partial charge is 0.223 e. The Morgan fingerprint density at radius 3 is 2.41 bits per heavy atom. The number of hydrogen-bond acceptors (Lipinski definition) is 4. The number of methoxy groups -OCH3 is 2. The highest BCUT2D eigenvalue weighted by molar-refractivity contribution is 5.94. The van der Waals surface area contributed by atoms with Gasteiger partial charge in [-0.3, -0.25) is 9.59 Å². The van der Waals surface area contributed by atoms with Crippen LogP contribution in [-0.2, 0) is 16.0 Å². The first-order valence-electron chi connectivity index (χ1n) is 8.86. The third-order valence-electron chi connectivity index (χ3n) is 4.20. The molecule has 0 saturated heterocycles. The third kappa shape index (κ3) is 6.02. The topological polar surface area (TPSA) is 67.9 Å². The molecule has 0 spiro atoms. The summed E-state index contributed by atoms with van der Waals surface area (Å²) in [5.41, 5.74) is 1.76. The van der Waals surface area contributed by atoms with Gasteiger partial charge in [0.05, 0.1) is 19.9 Å². The van der Waals surface area contributed by atoms with Crippen molar-refractivity contribution >= 4 is 17.5 Å². The van der Waals surface area contributed by atoms with E-state index in [0.29, 0.717) is 23.7 Å². The number of benzene rings is 2. The summed E-state index contributed by atoms with van der Waals surface area (Å²) in [5.74, 6) is 0.900. The first kappa shape index (κ1) is 20.3. The Bertz CT molecular complexity index is 762. The van der Waals surface area contributed by atoms with Crippen LogP contribution in [0.4, 0.5) is 5.69 Å². The van der Waals surface area contributed by atoms with Gasteiger partial charge in [0, 0.05) is 32.5 Å². The van der Waals surface area contributed by atoms with Crippen LogP contribution in [0.25, 0.3) is 0 Å². The highest BCUT2D eigenvalue weighted by Gasteiger charge is 2.18. The molecular formula is C21H26N2O4.